The fraction of sp³-hybridized carbons (Fsp3) is 0.333. The van der Waals surface area contributed by atoms with Gasteiger partial charge in [-0.1, -0.05) is 58.6 Å². The van der Waals surface area contributed by atoms with Crippen LogP contribution in [-0.4, -0.2) is 50.4 Å². The molecule has 0 saturated heterocycles. The van der Waals surface area contributed by atoms with Crippen molar-refractivity contribution in [3.63, 3.8) is 0 Å². The molecule has 1 N–H and O–H groups in total. The fourth-order valence-electron chi connectivity index (χ4n) is 4.10. The summed E-state index contributed by atoms with van der Waals surface area (Å²) >= 11 is 18.6. The van der Waals surface area contributed by atoms with Crippen LogP contribution in [0.25, 0.3) is 0 Å². The summed E-state index contributed by atoms with van der Waals surface area (Å²) < 4.78 is 34.5. The lowest BCUT2D eigenvalue weighted by Gasteiger charge is -2.33. The van der Waals surface area contributed by atoms with Gasteiger partial charge in [0.05, 0.1) is 27.7 Å². The highest BCUT2D eigenvalue weighted by Crippen LogP contribution is 2.35. The van der Waals surface area contributed by atoms with Crippen molar-refractivity contribution in [1.29, 1.82) is 0 Å². The third-order valence-electron chi connectivity index (χ3n) is 6.30. The summed E-state index contributed by atoms with van der Waals surface area (Å²) in [5.74, 6) is -0.864. The van der Waals surface area contributed by atoms with Crippen molar-refractivity contribution in [2.24, 2.45) is 0 Å². The molecule has 0 spiro atoms. The molecule has 0 heterocycles. The minimum atomic E-state index is -4.30. The first-order valence-corrected chi connectivity index (χ1v) is 15.6. The van der Waals surface area contributed by atoms with E-state index in [1.165, 1.54) is 36.3 Å². The Morgan fingerprint density at radius 3 is 2.17 bits per heavy atom. The van der Waals surface area contributed by atoms with E-state index in [1.807, 2.05) is 27.7 Å². The van der Waals surface area contributed by atoms with Crippen molar-refractivity contribution in [3.8, 4) is 5.75 Å². The highest BCUT2D eigenvalue weighted by atomic mass is 35.5. The van der Waals surface area contributed by atoms with Crippen LogP contribution in [0, 0.1) is 6.92 Å². The number of methoxy groups -OCH3 is 1. The molecule has 1 unspecified atom stereocenters. The number of amides is 2. The van der Waals surface area contributed by atoms with E-state index in [0.717, 1.165) is 9.87 Å². The van der Waals surface area contributed by atoms with Gasteiger partial charge in [0, 0.05) is 17.1 Å². The molecule has 3 aromatic rings. The summed E-state index contributed by atoms with van der Waals surface area (Å²) in [5, 5.41) is 3.74. The number of hydrogen-bond acceptors (Lipinski definition) is 5. The van der Waals surface area contributed by atoms with Crippen LogP contribution in [-0.2, 0) is 26.2 Å². The molecule has 12 heteroatoms. The molecule has 0 fully saturated rings. The van der Waals surface area contributed by atoms with Crippen molar-refractivity contribution in [2.75, 3.05) is 18.0 Å². The number of ether oxygens (including phenoxy) is 1. The molecule has 0 aromatic heterocycles. The molecule has 0 aliphatic rings. The Bertz CT molecular complexity index is 1560. The smallest absolute Gasteiger partial charge is 0.264 e. The molecule has 42 heavy (non-hydrogen) atoms. The number of benzene rings is 3. The maximum atomic E-state index is 14.1. The van der Waals surface area contributed by atoms with Gasteiger partial charge < -0.3 is 15.0 Å². The maximum Gasteiger partial charge on any atom is 0.264 e. The molecule has 8 nitrogen and oxygen atoms in total. The van der Waals surface area contributed by atoms with Crippen molar-refractivity contribution in [1.82, 2.24) is 10.2 Å². The number of carbonyl (C=O) groups excluding carboxylic acids is 2. The number of sulfonamides is 1. The van der Waals surface area contributed by atoms with E-state index < -0.39 is 40.0 Å². The van der Waals surface area contributed by atoms with Crippen molar-refractivity contribution in [3.05, 3.63) is 86.9 Å². The van der Waals surface area contributed by atoms with E-state index in [0.29, 0.717) is 10.6 Å². The monoisotopic (exact) mass is 653 g/mol. The van der Waals surface area contributed by atoms with E-state index in [4.69, 9.17) is 39.5 Å². The first kappa shape index (κ1) is 33.5. The second kappa shape index (κ2) is 13.5. The van der Waals surface area contributed by atoms with Gasteiger partial charge in [0.2, 0.25) is 11.8 Å². The first-order valence-electron chi connectivity index (χ1n) is 13.0. The van der Waals surface area contributed by atoms with Crippen LogP contribution >= 0.6 is 34.8 Å². The van der Waals surface area contributed by atoms with E-state index in [-0.39, 0.29) is 32.9 Å². The van der Waals surface area contributed by atoms with Gasteiger partial charge in [-0.3, -0.25) is 13.9 Å². The molecule has 0 radical (unpaired) electrons. The Morgan fingerprint density at radius 2 is 1.60 bits per heavy atom. The van der Waals surface area contributed by atoms with Crippen molar-refractivity contribution < 1.29 is 22.7 Å². The Balaban J connectivity index is 2.12. The SMILES string of the molecule is COc1ccc(Cl)cc1N(CC(=O)N(Cc1ccc(Cl)c(Cl)c1)C(C)C(=O)NC(C)(C)C)S(=O)(=O)c1ccc(C)cc1. The third kappa shape index (κ3) is 8.31. The van der Waals surface area contributed by atoms with E-state index in [1.54, 1.807) is 43.3 Å². The molecule has 3 rings (SSSR count). The molecule has 0 bridgehead atoms. The number of carbonyl (C=O) groups is 2. The molecule has 2 amide bonds. The fourth-order valence-corrected chi connectivity index (χ4v) is 6.00. The molecule has 0 aliphatic carbocycles. The third-order valence-corrected chi connectivity index (χ3v) is 9.05. The van der Waals surface area contributed by atoms with Gasteiger partial charge >= 0.3 is 0 Å². The van der Waals surface area contributed by atoms with Gasteiger partial charge in [0.25, 0.3) is 10.0 Å². The number of nitrogens with zero attached hydrogens (tertiary/aromatic N) is 2. The van der Waals surface area contributed by atoms with E-state index in [9.17, 15) is 18.0 Å². The van der Waals surface area contributed by atoms with Crippen LogP contribution in [0.3, 0.4) is 0 Å². The zero-order valence-corrected chi connectivity index (χ0v) is 27.3. The lowest BCUT2D eigenvalue weighted by Crippen LogP contribution is -2.54. The highest BCUT2D eigenvalue weighted by Gasteiger charge is 2.34. The van der Waals surface area contributed by atoms with Gasteiger partial charge in [-0.2, -0.15) is 0 Å². The molecule has 0 aliphatic heterocycles. The number of hydrogen-bond donors (Lipinski definition) is 1. The van der Waals surface area contributed by atoms with Crippen LogP contribution in [0.1, 0.15) is 38.8 Å². The predicted octanol–water partition coefficient (Wildman–Crippen LogP) is 6.49. The van der Waals surface area contributed by atoms with Crippen molar-refractivity contribution >= 4 is 62.3 Å². The average molecular weight is 655 g/mol. The van der Waals surface area contributed by atoms with E-state index >= 15 is 0 Å². The Kier molecular flexibility index (Phi) is 10.8. The molecule has 226 valence electrons. The summed E-state index contributed by atoms with van der Waals surface area (Å²) in [7, 11) is -2.91. The molecule has 0 saturated carbocycles. The lowest BCUT2D eigenvalue weighted by atomic mass is 10.1. The minimum Gasteiger partial charge on any atom is -0.495 e. The summed E-state index contributed by atoms with van der Waals surface area (Å²) in [6.07, 6.45) is 0. The van der Waals surface area contributed by atoms with Crippen molar-refractivity contribution in [2.45, 2.75) is 57.6 Å². The second-order valence-corrected chi connectivity index (χ2v) is 13.9. The Hall–Kier alpha value is -2.98. The van der Waals surface area contributed by atoms with Crippen LogP contribution in [0.4, 0.5) is 5.69 Å². The molecule has 3 aromatic carbocycles. The molecular weight excluding hydrogens is 621 g/mol. The van der Waals surface area contributed by atoms with Crippen LogP contribution in [0.15, 0.2) is 65.6 Å². The zero-order chi connectivity index (χ0) is 31.4. The van der Waals surface area contributed by atoms with Gasteiger partial charge in [0.15, 0.2) is 0 Å². The lowest BCUT2D eigenvalue weighted by molar-refractivity contribution is -0.140. The molecular formula is C30H34Cl3N3O5S. The van der Waals surface area contributed by atoms with Gasteiger partial charge in [-0.25, -0.2) is 8.42 Å². The summed E-state index contributed by atoms with van der Waals surface area (Å²) in [5.41, 5.74) is 0.962. The van der Waals surface area contributed by atoms with Gasteiger partial charge in [-0.15, -0.1) is 0 Å². The topological polar surface area (TPSA) is 96.0 Å². The van der Waals surface area contributed by atoms with Gasteiger partial charge in [0.1, 0.15) is 18.3 Å². The van der Waals surface area contributed by atoms with Crippen LogP contribution in [0.2, 0.25) is 15.1 Å². The summed E-state index contributed by atoms with van der Waals surface area (Å²) in [6.45, 7) is 8.19. The number of nitrogens with one attached hydrogen (secondary N) is 1. The zero-order valence-electron chi connectivity index (χ0n) is 24.2. The summed E-state index contributed by atoms with van der Waals surface area (Å²) in [4.78, 5) is 28.6. The number of halogens is 3. The molecule has 1 atom stereocenters. The standard InChI is InChI=1S/C30H34Cl3N3O5S/c1-19-7-11-23(12-8-19)42(39,40)36(26-16-22(31)10-14-27(26)41-6)18-28(37)35(20(2)29(38)34-30(3,4)5)17-21-9-13-24(32)25(33)15-21/h7-16,20H,17-18H2,1-6H3,(H,34,38). The average Bonchev–Trinajstić information content (AvgIpc) is 2.91. The van der Waals surface area contributed by atoms with Gasteiger partial charge in [-0.05, 0) is 82.6 Å². The Labute approximate surface area is 262 Å². The first-order chi connectivity index (χ1) is 19.5. The van der Waals surface area contributed by atoms with Crippen LogP contribution < -0.4 is 14.4 Å². The second-order valence-electron chi connectivity index (χ2n) is 10.8. The number of rotatable bonds is 10. The Morgan fingerprint density at radius 1 is 0.952 bits per heavy atom. The number of anilines is 1. The predicted molar refractivity (Wildman–Crippen MR) is 168 cm³/mol. The van der Waals surface area contributed by atoms with Crippen LogP contribution in [0.5, 0.6) is 5.75 Å². The quantitative estimate of drug-likeness (QED) is 0.270. The summed E-state index contributed by atoms with van der Waals surface area (Å²) in [6, 6.07) is 14.6. The normalized spacial score (nSPS) is 12.4. The van der Waals surface area contributed by atoms with E-state index in [2.05, 4.69) is 5.32 Å². The maximum absolute atomic E-state index is 14.1. The largest absolute Gasteiger partial charge is 0.495 e. The highest BCUT2D eigenvalue weighted by molar-refractivity contribution is 7.92. The number of aryl methyl sites for hydroxylation is 1. The minimum absolute atomic E-state index is 0.0301.